The molecule has 0 aromatic heterocycles. The molecule has 21 heavy (non-hydrogen) atoms. The van der Waals surface area contributed by atoms with E-state index in [1.807, 2.05) is 6.92 Å². The van der Waals surface area contributed by atoms with Crippen molar-refractivity contribution in [3.8, 4) is 0 Å². The van der Waals surface area contributed by atoms with Gasteiger partial charge in [-0.2, -0.15) is 0 Å². The molecule has 114 valence electrons. The lowest BCUT2D eigenvalue weighted by atomic mass is 10.2. The summed E-state index contributed by atoms with van der Waals surface area (Å²) < 4.78 is 13.6. The van der Waals surface area contributed by atoms with E-state index in [9.17, 15) is 14.0 Å². The van der Waals surface area contributed by atoms with Crippen molar-refractivity contribution in [2.75, 3.05) is 38.0 Å². The van der Waals surface area contributed by atoms with Gasteiger partial charge in [0.05, 0.1) is 12.2 Å². The monoisotopic (exact) mass is 295 g/mol. The van der Waals surface area contributed by atoms with Crippen molar-refractivity contribution in [3.05, 3.63) is 29.6 Å². The number of urea groups is 1. The van der Waals surface area contributed by atoms with Gasteiger partial charge in [-0.25, -0.2) is 9.18 Å². The van der Waals surface area contributed by atoms with Crippen LogP contribution in [0.2, 0.25) is 0 Å². The molecule has 0 aliphatic carbocycles. The number of benzene rings is 1. The fourth-order valence-electron chi connectivity index (χ4n) is 2.23. The molecule has 0 unspecified atom stereocenters. The topological polar surface area (TPSA) is 72.9 Å². The van der Waals surface area contributed by atoms with E-state index in [1.54, 1.807) is 21.9 Å². The van der Waals surface area contributed by atoms with Crippen LogP contribution in [-0.4, -0.2) is 59.6 Å². The van der Waals surface area contributed by atoms with Crippen LogP contribution in [0.5, 0.6) is 0 Å². The van der Waals surface area contributed by atoms with Gasteiger partial charge in [-0.1, -0.05) is 6.07 Å². The van der Waals surface area contributed by atoms with Gasteiger partial charge in [0.2, 0.25) is 0 Å². The first-order valence-electron chi connectivity index (χ1n) is 6.72. The van der Waals surface area contributed by atoms with Gasteiger partial charge in [0, 0.05) is 26.2 Å². The minimum Gasteiger partial charge on any atom is -0.480 e. The van der Waals surface area contributed by atoms with Crippen molar-refractivity contribution in [1.82, 2.24) is 9.80 Å². The van der Waals surface area contributed by atoms with Crippen molar-refractivity contribution < 1.29 is 19.1 Å². The minimum atomic E-state index is -0.880. The summed E-state index contributed by atoms with van der Waals surface area (Å²) in [7, 11) is 0. The highest BCUT2D eigenvalue weighted by Crippen LogP contribution is 2.16. The summed E-state index contributed by atoms with van der Waals surface area (Å²) in [5.41, 5.74) is 1.02. The number of hydrogen-bond acceptors (Lipinski definition) is 3. The van der Waals surface area contributed by atoms with Gasteiger partial charge in [-0.15, -0.1) is 0 Å². The Kier molecular flexibility index (Phi) is 4.74. The normalized spacial score (nSPS) is 15.8. The van der Waals surface area contributed by atoms with E-state index in [1.165, 1.54) is 6.07 Å². The van der Waals surface area contributed by atoms with Crippen LogP contribution >= 0.6 is 0 Å². The van der Waals surface area contributed by atoms with Crippen molar-refractivity contribution >= 4 is 17.7 Å². The molecule has 1 fully saturated rings. The summed E-state index contributed by atoms with van der Waals surface area (Å²) in [5, 5.41) is 11.3. The second-order valence-corrected chi connectivity index (χ2v) is 5.07. The average molecular weight is 295 g/mol. The zero-order valence-electron chi connectivity index (χ0n) is 11.8. The van der Waals surface area contributed by atoms with E-state index in [0.29, 0.717) is 26.2 Å². The van der Waals surface area contributed by atoms with E-state index in [-0.39, 0.29) is 18.3 Å². The second-order valence-electron chi connectivity index (χ2n) is 5.07. The van der Waals surface area contributed by atoms with Crippen LogP contribution in [0.1, 0.15) is 5.56 Å². The van der Waals surface area contributed by atoms with Crippen molar-refractivity contribution in [2.24, 2.45) is 0 Å². The molecule has 0 radical (unpaired) electrons. The van der Waals surface area contributed by atoms with Crippen molar-refractivity contribution in [3.63, 3.8) is 0 Å². The molecule has 2 N–H and O–H groups in total. The van der Waals surface area contributed by atoms with Gasteiger partial charge >= 0.3 is 12.0 Å². The Labute approximate surface area is 122 Å². The van der Waals surface area contributed by atoms with Crippen LogP contribution in [-0.2, 0) is 4.79 Å². The van der Waals surface area contributed by atoms with Gasteiger partial charge in [0.15, 0.2) is 0 Å². The summed E-state index contributed by atoms with van der Waals surface area (Å²) in [6.45, 7) is 3.63. The van der Waals surface area contributed by atoms with Crippen LogP contribution in [0.25, 0.3) is 0 Å². The lowest BCUT2D eigenvalue weighted by molar-refractivity contribution is -0.138. The molecule has 1 saturated heterocycles. The molecule has 1 aromatic carbocycles. The molecule has 1 heterocycles. The number of rotatable bonds is 3. The molecule has 2 amide bonds. The van der Waals surface area contributed by atoms with E-state index >= 15 is 0 Å². The van der Waals surface area contributed by atoms with E-state index in [4.69, 9.17) is 5.11 Å². The molecule has 0 saturated carbocycles. The first-order valence-corrected chi connectivity index (χ1v) is 6.72. The second kappa shape index (κ2) is 6.53. The number of nitrogens with zero attached hydrogens (tertiary/aromatic N) is 2. The number of amides is 2. The fraction of sp³-hybridized carbons (Fsp3) is 0.429. The molecule has 7 heteroatoms. The lowest BCUT2D eigenvalue weighted by Gasteiger charge is -2.33. The third kappa shape index (κ3) is 4.16. The van der Waals surface area contributed by atoms with Gasteiger partial charge < -0.3 is 15.3 Å². The summed E-state index contributed by atoms with van der Waals surface area (Å²) in [4.78, 5) is 26.0. The number of carboxylic acid groups (broad SMARTS) is 1. The van der Waals surface area contributed by atoms with E-state index < -0.39 is 11.8 Å². The number of aryl methyl sites for hydroxylation is 1. The van der Waals surface area contributed by atoms with E-state index in [2.05, 4.69) is 5.32 Å². The Morgan fingerprint density at radius 2 is 1.95 bits per heavy atom. The summed E-state index contributed by atoms with van der Waals surface area (Å²) in [6, 6.07) is 4.16. The predicted octanol–water partition coefficient (Wildman–Crippen LogP) is 1.37. The number of nitrogens with one attached hydrogen (secondary N) is 1. The maximum atomic E-state index is 13.6. The Bertz CT molecular complexity index is 542. The molecule has 6 nitrogen and oxygen atoms in total. The summed E-state index contributed by atoms with van der Waals surface area (Å²) >= 11 is 0. The zero-order valence-corrected chi connectivity index (χ0v) is 11.8. The highest BCUT2D eigenvalue weighted by atomic mass is 19.1. The first kappa shape index (κ1) is 15.2. The average Bonchev–Trinajstić information content (AvgIpc) is 2.43. The Hall–Kier alpha value is -2.15. The van der Waals surface area contributed by atoms with Crippen LogP contribution in [0.15, 0.2) is 18.2 Å². The van der Waals surface area contributed by atoms with E-state index in [0.717, 1.165) is 5.56 Å². The van der Waals surface area contributed by atoms with Crippen molar-refractivity contribution in [1.29, 1.82) is 0 Å². The smallest absolute Gasteiger partial charge is 0.322 e. The molecule has 0 spiro atoms. The Balaban J connectivity index is 1.90. The van der Waals surface area contributed by atoms with Crippen LogP contribution in [0, 0.1) is 12.7 Å². The third-order valence-corrected chi connectivity index (χ3v) is 3.38. The molecular weight excluding hydrogens is 277 g/mol. The number of anilines is 1. The quantitative estimate of drug-likeness (QED) is 0.883. The van der Waals surface area contributed by atoms with Gasteiger partial charge in [-0.3, -0.25) is 9.69 Å². The maximum Gasteiger partial charge on any atom is 0.322 e. The largest absolute Gasteiger partial charge is 0.480 e. The highest BCUT2D eigenvalue weighted by molar-refractivity contribution is 5.89. The zero-order chi connectivity index (χ0) is 15.4. The summed E-state index contributed by atoms with van der Waals surface area (Å²) in [5.74, 6) is -1.35. The molecule has 0 bridgehead atoms. The number of piperazine rings is 1. The highest BCUT2D eigenvalue weighted by Gasteiger charge is 2.22. The van der Waals surface area contributed by atoms with Crippen LogP contribution in [0.4, 0.5) is 14.9 Å². The maximum absolute atomic E-state index is 13.6. The molecule has 2 rings (SSSR count). The van der Waals surface area contributed by atoms with Gasteiger partial charge in [0.1, 0.15) is 5.82 Å². The van der Waals surface area contributed by atoms with Gasteiger partial charge in [-0.05, 0) is 24.6 Å². The fourth-order valence-corrected chi connectivity index (χ4v) is 2.23. The first-order chi connectivity index (χ1) is 9.95. The molecule has 0 atom stereocenters. The number of carbonyl (C=O) groups excluding carboxylic acids is 1. The van der Waals surface area contributed by atoms with Crippen molar-refractivity contribution in [2.45, 2.75) is 6.92 Å². The lowest BCUT2D eigenvalue weighted by Crippen LogP contribution is -2.51. The third-order valence-electron chi connectivity index (χ3n) is 3.38. The number of carboxylic acids is 1. The predicted molar refractivity (Wildman–Crippen MR) is 75.8 cm³/mol. The van der Waals surface area contributed by atoms with Crippen LogP contribution in [0.3, 0.4) is 0 Å². The van der Waals surface area contributed by atoms with Gasteiger partial charge in [0.25, 0.3) is 0 Å². The Morgan fingerprint density at radius 3 is 2.57 bits per heavy atom. The standard InChI is InChI=1S/C14H18FN3O3/c1-10-2-3-11(15)12(8-10)16-14(21)18-6-4-17(5-7-18)9-13(19)20/h2-3,8H,4-7,9H2,1H3,(H,16,21)(H,19,20). The van der Waals surface area contributed by atoms with Crippen LogP contribution < -0.4 is 5.32 Å². The number of carbonyl (C=O) groups is 2. The number of halogens is 1. The summed E-state index contributed by atoms with van der Waals surface area (Å²) in [6.07, 6.45) is 0. The molecular formula is C14H18FN3O3. The Morgan fingerprint density at radius 1 is 1.29 bits per heavy atom. The minimum absolute atomic E-state index is 0.0258. The molecule has 1 aliphatic rings. The SMILES string of the molecule is Cc1ccc(F)c(NC(=O)N2CCN(CC(=O)O)CC2)c1. The number of aliphatic carboxylic acids is 1. The molecule has 1 aromatic rings. The molecule has 1 aliphatic heterocycles. The number of hydrogen-bond donors (Lipinski definition) is 2.